The van der Waals surface area contributed by atoms with Crippen molar-refractivity contribution >= 4 is 34.6 Å². The van der Waals surface area contributed by atoms with Crippen molar-refractivity contribution in [3.63, 3.8) is 0 Å². The third-order valence-corrected chi connectivity index (χ3v) is 4.93. The fourth-order valence-electron chi connectivity index (χ4n) is 3.30. The van der Waals surface area contributed by atoms with Gasteiger partial charge in [0.2, 0.25) is 0 Å². The smallest absolute Gasteiger partial charge is 0.322 e. The number of aromatic nitrogens is 3. The molecule has 148 valence electrons. The minimum absolute atomic E-state index is 0.164. The summed E-state index contributed by atoms with van der Waals surface area (Å²) in [6.45, 7) is 5.63. The number of amides is 4. The lowest BCUT2D eigenvalue weighted by Crippen LogP contribution is -2.40. The van der Waals surface area contributed by atoms with Gasteiger partial charge in [0.25, 0.3) is 11.8 Å². The van der Waals surface area contributed by atoms with E-state index >= 15 is 0 Å². The van der Waals surface area contributed by atoms with Gasteiger partial charge in [-0.2, -0.15) is 5.10 Å². The predicted molar refractivity (Wildman–Crippen MR) is 106 cm³/mol. The lowest BCUT2D eigenvalue weighted by atomic mass is 9.92. The molecule has 0 saturated carbocycles. The maximum absolute atomic E-state index is 12.7. The largest absolute Gasteiger partial charge is 0.322 e. The van der Waals surface area contributed by atoms with Crippen LogP contribution in [0.2, 0.25) is 0 Å². The Hall–Kier alpha value is -3.75. The van der Waals surface area contributed by atoms with Crippen LogP contribution in [-0.4, -0.2) is 32.6 Å². The van der Waals surface area contributed by atoms with Crippen molar-refractivity contribution in [2.45, 2.75) is 32.4 Å². The highest BCUT2D eigenvalue weighted by molar-refractivity contribution is 6.08. The standard InChI is InChI=1S/C20H20N6O3/c1-11(2)26-16-12(10-22-26)7-13(9-21-16)17(27)23-15-6-4-5-14(8-15)20(3)18(28)24-19(29)25-20/h4-11H,1-3H3,(H,23,27)(H2,24,25,28,29). The van der Waals surface area contributed by atoms with Crippen LogP contribution in [0.5, 0.6) is 0 Å². The number of carbonyl (C=O) groups is 3. The van der Waals surface area contributed by atoms with Gasteiger partial charge in [-0.1, -0.05) is 12.1 Å². The molecular weight excluding hydrogens is 372 g/mol. The van der Waals surface area contributed by atoms with Gasteiger partial charge in [0.1, 0.15) is 5.54 Å². The second kappa shape index (κ2) is 6.69. The van der Waals surface area contributed by atoms with E-state index in [2.05, 4.69) is 26.0 Å². The second-order valence-electron chi connectivity index (χ2n) is 7.39. The minimum atomic E-state index is -1.19. The topological polar surface area (TPSA) is 118 Å². The minimum Gasteiger partial charge on any atom is -0.322 e. The number of nitrogens with one attached hydrogen (secondary N) is 3. The summed E-state index contributed by atoms with van der Waals surface area (Å²) in [7, 11) is 0. The SMILES string of the molecule is CC(C)n1ncc2cc(C(=O)Nc3cccc(C4(C)NC(=O)NC4=O)c3)cnc21. The molecule has 1 atom stereocenters. The summed E-state index contributed by atoms with van der Waals surface area (Å²) >= 11 is 0. The van der Waals surface area contributed by atoms with Crippen LogP contribution in [-0.2, 0) is 10.3 Å². The number of hydrogen-bond donors (Lipinski definition) is 3. The molecule has 4 amide bonds. The van der Waals surface area contributed by atoms with Crippen molar-refractivity contribution in [1.29, 1.82) is 0 Å². The van der Waals surface area contributed by atoms with Crippen LogP contribution in [0, 0.1) is 0 Å². The fourth-order valence-corrected chi connectivity index (χ4v) is 3.30. The van der Waals surface area contributed by atoms with Crippen LogP contribution in [0.3, 0.4) is 0 Å². The molecule has 0 spiro atoms. The summed E-state index contributed by atoms with van der Waals surface area (Å²) in [5, 5.41) is 12.7. The molecule has 3 N–H and O–H groups in total. The van der Waals surface area contributed by atoms with Gasteiger partial charge in [0, 0.05) is 23.3 Å². The summed E-state index contributed by atoms with van der Waals surface area (Å²) in [4.78, 5) is 40.7. The molecule has 4 rings (SSSR count). The van der Waals surface area contributed by atoms with E-state index in [0.717, 1.165) is 11.0 Å². The number of carbonyl (C=O) groups excluding carboxylic acids is 3. The van der Waals surface area contributed by atoms with Gasteiger partial charge in [-0.05, 0) is 44.5 Å². The molecule has 1 saturated heterocycles. The van der Waals surface area contributed by atoms with Crippen molar-refractivity contribution in [2.24, 2.45) is 0 Å². The van der Waals surface area contributed by atoms with Crippen molar-refractivity contribution in [1.82, 2.24) is 25.4 Å². The van der Waals surface area contributed by atoms with Gasteiger partial charge < -0.3 is 10.6 Å². The van der Waals surface area contributed by atoms with Gasteiger partial charge in [0.05, 0.1) is 11.8 Å². The van der Waals surface area contributed by atoms with Crippen molar-refractivity contribution in [2.75, 3.05) is 5.32 Å². The number of rotatable bonds is 4. The van der Waals surface area contributed by atoms with Crippen molar-refractivity contribution < 1.29 is 14.4 Å². The Morgan fingerprint density at radius 1 is 1.21 bits per heavy atom. The lowest BCUT2D eigenvalue weighted by Gasteiger charge is -2.21. The molecule has 3 heterocycles. The number of nitrogens with zero attached hydrogens (tertiary/aromatic N) is 3. The van der Waals surface area contributed by atoms with Gasteiger partial charge in [-0.15, -0.1) is 0 Å². The fraction of sp³-hybridized carbons (Fsp3) is 0.250. The highest BCUT2D eigenvalue weighted by Crippen LogP contribution is 2.27. The molecule has 1 aliphatic rings. The Balaban J connectivity index is 1.58. The van der Waals surface area contributed by atoms with Crippen LogP contribution in [0.15, 0.2) is 42.7 Å². The molecule has 0 radical (unpaired) electrons. The number of urea groups is 1. The van der Waals surface area contributed by atoms with Crippen molar-refractivity contribution in [3.8, 4) is 0 Å². The highest BCUT2D eigenvalue weighted by Gasteiger charge is 2.43. The van der Waals surface area contributed by atoms with Crippen LogP contribution >= 0.6 is 0 Å². The van der Waals surface area contributed by atoms with E-state index in [1.807, 2.05) is 13.8 Å². The summed E-state index contributed by atoms with van der Waals surface area (Å²) < 4.78 is 1.79. The molecule has 1 unspecified atom stereocenters. The Morgan fingerprint density at radius 2 is 2.00 bits per heavy atom. The van der Waals surface area contributed by atoms with E-state index in [-0.39, 0.29) is 11.9 Å². The number of imide groups is 1. The average molecular weight is 392 g/mol. The molecule has 1 aliphatic heterocycles. The molecule has 0 bridgehead atoms. The maximum atomic E-state index is 12.7. The molecule has 1 aromatic carbocycles. The van der Waals surface area contributed by atoms with Gasteiger partial charge in [-0.3, -0.25) is 14.9 Å². The third kappa shape index (κ3) is 3.20. The van der Waals surface area contributed by atoms with Crippen molar-refractivity contribution in [3.05, 3.63) is 53.9 Å². The molecular formula is C20H20N6O3. The number of fused-ring (bicyclic) bond motifs is 1. The van der Waals surface area contributed by atoms with Crippen LogP contribution in [0.4, 0.5) is 10.5 Å². The third-order valence-electron chi connectivity index (χ3n) is 4.93. The molecule has 3 aromatic rings. The van der Waals surface area contributed by atoms with Crippen LogP contribution < -0.4 is 16.0 Å². The van der Waals surface area contributed by atoms with Crippen LogP contribution in [0.25, 0.3) is 11.0 Å². The zero-order chi connectivity index (χ0) is 20.8. The number of hydrogen-bond acceptors (Lipinski definition) is 5. The lowest BCUT2D eigenvalue weighted by molar-refractivity contribution is -0.123. The Bertz CT molecular complexity index is 1150. The summed E-state index contributed by atoms with van der Waals surface area (Å²) in [6.07, 6.45) is 3.19. The molecule has 0 aliphatic carbocycles. The van der Waals surface area contributed by atoms with E-state index < -0.39 is 17.5 Å². The molecule has 9 nitrogen and oxygen atoms in total. The number of benzene rings is 1. The van der Waals surface area contributed by atoms with E-state index in [0.29, 0.717) is 16.8 Å². The van der Waals surface area contributed by atoms with E-state index in [4.69, 9.17) is 0 Å². The van der Waals surface area contributed by atoms with E-state index in [1.165, 1.54) is 6.20 Å². The van der Waals surface area contributed by atoms with E-state index in [9.17, 15) is 14.4 Å². The van der Waals surface area contributed by atoms with E-state index in [1.54, 1.807) is 48.1 Å². The molecule has 9 heteroatoms. The molecule has 29 heavy (non-hydrogen) atoms. The maximum Gasteiger partial charge on any atom is 0.322 e. The summed E-state index contributed by atoms with van der Waals surface area (Å²) in [5.41, 5.74) is 0.980. The monoisotopic (exact) mass is 392 g/mol. The van der Waals surface area contributed by atoms with Gasteiger partial charge in [0.15, 0.2) is 5.65 Å². The average Bonchev–Trinajstić information content (AvgIpc) is 3.22. The Kier molecular flexibility index (Phi) is 4.30. The summed E-state index contributed by atoms with van der Waals surface area (Å²) in [5.74, 6) is -0.776. The first kappa shape index (κ1) is 18.6. The highest BCUT2D eigenvalue weighted by atomic mass is 16.2. The first-order chi connectivity index (χ1) is 13.8. The summed E-state index contributed by atoms with van der Waals surface area (Å²) in [6, 6.07) is 8.15. The molecule has 2 aromatic heterocycles. The Labute approximate surface area is 166 Å². The quantitative estimate of drug-likeness (QED) is 0.589. The van der Waals surface area contributed by atoms with Gasteiger partial charge >= 0.3 is 6.03 Å². The predicted octanol–water partition coefficient (Wildman–Crippen LogP) is 2.32. The number of pyridine rings is 1. The normalized spacial score (nSPS) is 18.8. The zero-order valence-electron chi connectivity index (χ0n) is 16.2. The Morgan fingerprint density at radius 3 is 2.69 bits per heavy atom. The molecule has 1 fully saturated rings. The first-order valence-electron chi connectivity index (χ1n) is 9.16. The zero-order valence-corrected chi connectivity index (χ0v) is 16.2. The van der Waals surface area contributed by atoms with Gasteiger partial charge in [-0.25, -0.2) is 14.5 Å². The number of anilines is 1. The second-order valence-corrected chi connectivity index (χ2v) is 7.39. The van der Waals surface area contributed by atoms with Crippen LogP contribution in [0.1, 0.15) is 42.7 Å². The first-order valence-corrected chi connectivity index (χ1v) is 9.16.